The number of aromatic amines is 1. The molecule has 36 heavy (non-hydrogen) atoms. The number of carboxylic acid groups (broad SMARTS) is 1. The molecule has 1 aliphatic rings. The molecule has 0 radical (unpaired) electrons. The molecule has 13 nitrogen and oxygen atoms in total. The molecule has 2 N–H and O–H groups in total. The molecule has 0 saturated carbocycles. The van der Waals surface area contributed by atoms with E-state index in [2.05, 4.69) is 4.98 Å². The van der Waals surface area contributed by atoms with Crippen molar-refractivity contribution in [2.24, 2.45) is 0 Å². The first-order chi connectivity index (χ1) is 16.9. The van der Waals surface area contributed by atoms with E-state index >= 15 is 0 Å². The van der Waals surface area contributed by atoms with Crippen LogP contribution in [0.3, 0.4) is 0 Å². The summed E-state index contributed by atoms with van der Waals surface area (Å²) in [6.07, 6.45) is -6.64. The van der Waals surface area contributed by atoms with E-state index in [0.717, 1.165) is 20.8 Å². The largest absolute Gasteiger partial charge is 0.477 e. The molecule has 2 heterocycles. The SMILES string of the molecule is CC(=O)OC[C@H]1O[C@@H](Oc2ccc3cc(C(=O)O)[nH]c3c2)[C@H](OC(C)=O)[C@@H](OC(C)=O)[C@H]1OC(C)=O. The molecule has 194 valence electrons. The van der Waals surface area contributed by atoms with Gasteiger partial charge in [0.05, 0.1) is 0 Å². The fourth-order valence-corrected chi connectivity index (χ4v) is 3.71. The minimum Gasteiger partial charge on any atom is -0.477 e. The Morgan fingerprint density at radius 2 is 1.47 bits per heavy atom. The number of ether oxygens (including phenoxy) is 6. The van der Waals surface area contributed by atoms with Crippen LogP contribution in [0.25, 0.3) is 10.9 Å². The van der Waals surface area contributed by atoms with Crippen molar-refractivity contribution in [3.63, 3.8) is 0 Å². The monoisotopic (exact) mass is 507 g/mol. The highest BCUT2D eigenvalue weighted by molar-refractivity contribution is 5.94. The van der Waals surface area contributed by atoms with Gasteiger partial charge in [0.15, 0.2) is 12.2 Å². The Bertz CT molecular complexity index is 1170. The van der Waals surface area contributed by atoms with E-state index in [1.54, 1.807) is 6.07 Å². The van der Waals surface area contributed by atoms with Crippen LogP contribution in [0.1, 0.15) is 38.2 Å². The highest BCUT2D eigenvalue weighted by Crippen LogP contribution is 2.32. The van der Waals surface area contributed by atoms with Crippen LogP contribution in [0.5, 0.6) is 5.75 Å². The second-order valence-electron chi connectivity index (χ2n) is 7.92. The Kier molecular flexibility index (Phi) is 8.14. The number of hydrogen-bond donors (Lipinski definition) is 2. The van der Waals surface area contributed by atoms with Crippen molar-refractivity contribution in [3.8, 4) is 5.75 Å². The molecule has 3 rings (SSSR count). The summed E-state index contributed by atoms with van der Waals surface area (Å²) in [7, 11) is 0. The Balaban J connectivity index is 1.99. The molecule has 1 saturated heterocycles. The Labute approximate surface area is 204 Å². The first-order valence-electron chi connectivity index (χ1n) is 10.8. The first-order valence-corrected chi connectivity index (χ1v) is 10.8. The minimum absolute atomic E-state index is 0.0329. The van der Waals surface area contributed by atoms with Gasteiger partial charge in [-0.2, -0.15) is 0 Å². The molecule has 0 unspecified atom stereocenters. The molecule has 0 bridgehead atoms. The van der Waals surface area contributed by atoms with Crippen molar-refractivity contribution in [3.05, 3.63) is 30.0 Å². The maximum Gasteiger partial charge on any atom is 0.352 e. The smallest absolute Gasteiger partial charge is 0.352 e. The molecule has 1 aromatic carbocycles. The maximum atomic E-state index is 11.9. The highest BCUT2D eigenvalue weighted by atomic mass is 16.7. The van der Waals surface area contributed by atoms with Crippen LogP contribution in [0, 0.1) is 0 Å². The number of H-pyrrole nitrogens is 1. The van der Waals surface area contributed by atoms with Crippen molar-refractivity contribution >= 4 is 40.7 Å². The lowest BCUT2D eigenvalue weighted by atomic mass is 9.98. The number of rotatable bonds is 8. The normalized spacial score (nSPS) is 23.4. The van der Waals surface area contributed by atoms with Gasteiger partial charge in [-0.3, -0.25) is 19.2 Å². The average molecular weight is 507 g/mol. The number of carboxylic acids is 1. The molecular weight excluding hydrogens is 482 g/mol. The summed E-state index contributed by atoms with van der Waals surface area (Å²) in [4.78, 5) is 61.0. The third-order valence-electron chi connectivity index (χ3n) is 5.02. The van der Waals surface area contributed by atoms with Crippen molar-refractivity contribution in [1.82, 2.24) is 4.98 Å². The second kappa shape index (κ2) is 11.1. The number of carbonyl (C=O) groups excluding carboxylic acids is 4. The summed E-state index contributed by atoms with van der Waals surface area (Å²) in [5.74, 6) is -3.89. The van der Waals surface area contributed by atoms with Gasteiger partial charge >= 0.3 is 29.8 Å². The lowest BCUT2D eigenvalue weighted by Crippen LogP contribution is -2.63. The van der Waals surface area contributed by atoms with Crippen molar-refractivity contribution in [2.45, 2.75) is 58.4 Å². The highest BCUT2D eigenvalue weighted by Gasteiger charge is 2.53. The summed E-state index contributed by atoms with van der Waals surface area (Å²) >= 11 is 0. The lowest BCUT2D eigenvalue weighted by Gasteiger charge is -2.43. The first kappa shape index (κ1) is 26.5. The van der Waals surface area contributed by atoms with Gasteiger partial charge in [0, 0.05) is 44.7 Å². The van der Waals surface area contributed by atoms with E-state index in [0.29, 0.717) is 10.9 Å². The topological polar surface area (TPSA) is 177 Å². The van der Waals surface area contributed by atoms with E-state index in [1.165, 1.54) is 25.1 Å². The zero-order valence-corrected chi connectivity index (χ0v) is 19.8. The van der Waals surface area contributed by atoms with Gasteiger partial charge in [0.1, 0.15) is 24.2 Å². The quantitative estimate of drug-likeness (QED) is 0.388. The summed E-state index contributed by atoms with van der Waals surface area (Å²) in [6, 6.07) is 6.06. The maximum absolute atomic E-state index is 11.9. The second-order valence-corrected chi connectivity index (χ2v) is 7.92. The number of esters is 4. The molecule has 2 aromatic rings. The van der Waals surface area contributed by atoms with Gasteiger partial charge in [0.2, 0.25) is 12.4 Å². The predicted molar refractivity (Wildman–Crippen MR) is 118 cm³/mol. The van der Waals surface area contributed by atoms with Crippen LogP contribution in [0.4, 0.5) is 0 Å². The number of fused-ring (bicyclic) bond motifs is 1. The van der Waals surface area contributed by atoms with Gasteiger partial charge in [-0.25, -0.2) is 4.79 Å². The summed E-state index contributed by atoms with van der Waals surface area (Å²) < 4.78 is 32.8. The van der Waals surface area contributed by atoms with E-state index in [4.69, 9.17) is 28.4 Å². The molecule has 1 aliphatic heterocycles. The third-order valence-corrected chi connectivity index (χ3v) is 5.02. The number of benzene rings is 1. The Morgan fingerprint density at radius 1 is 0.861 bits per heavy atom. The minimum atomic E-state index is -1.41. The number of carbonyl (C=O) groups is 5. The standard InChI is InChI=1S/C23H25NO12/c1-10(25)31-9-18-19(32-11(2)26)20(33-12(3)27)21(34-13(4)28)23(36-18)35-15-6-5-14-7-17(22(29)30)24-16(14)8-15/h5-8,18-21,23-24H,9H2,1-4H3,(H,29,30)/t18-,19+,20+,21-,23-/m1/s1. The number of aromatic carboxylic acids is 1. The van der Waals surface area contributed by atoms with E-state index in [9.17, 15) is 29.1 Å². The summed E-state index contributed by atoms with van der Waals surface area (Å²) in [5.41, 5.74) is 0.407. The molecule has 0 aliphatic carbocycles. The molecule has 1 aromatic heterocycles. The van der Waals surface area contributed by atoms with Crippen molar-refractivity contribution in [1.29, 1.82) is 0 Å². The molecule has 13 heteroatoms. The van der Waals surface area contributed by atoms with Crippen molar-refractivity contribution in [2.75, 3.05) is 6.61 Å². The van der Waals surface area contributed by atoms with E-state index in [1.807, 2.05) is 0 Å². The van der Waals surface area contributed by atoms with Crippen LogP contribution < -0.4 is 4.74 Å². The molecule has 1 fully saturated rings. The summed E-state index contributed by atoms with van der Waals surface area (Å²) in [5, 5.41) is 9.80. The van der Waals surface area contributed by atoms with Gasteiger partial charge in [-0.05, 0) is 18.2 Å². The lowest BCUT2D eigenvalue weighted by molar-refractivity contribution is -0.288. The van der Waals surface area contributed by atoms with Crippen LogP contribution in [-0.2, 0) is 42.9 Å². The fraction of sp³-hybridized carbons (Fsp3) is 0.435. The molecule has 0 amide bonds. The van der Waals surface area contributed by atoms with Gasteiger partial charge in [-0.15, -0.1) is 0 Å². The third kappa shape index (κ3) is 6.50. The average Bonchev–Trinajstić information content (AvgIpc) is 3.19. The van der Waals surface area contributed by atoms with E-state index < -0.39 is 67.2 Å². The Hall–Kier alpha value is -4.13. The van der Waals surface area contributed by atoms with Crippen molar-refractivity contribution < 1.29 is 57.5 Å². The van der Waals surface area contributed by atoms with Gasteiger partial charge < -0.3 is 38.5 Å². The molecule has 5 atom stereocenters. The predicted octanol–water partition coefficient (Wildman–Crippen LogP) is 1.33. The summed E-state index contributed by atoms with van der Waals surface area (Å²) in [6.45, 7) is 4.12. The van der Waals surface area contributed by atoms with E-state index in [-0.39, 0.29) is 11.4 Å². The molecule has 0 spiro atoms. The number of hydrogen-bond acceptors (Lipinski definition) is 11. The van der Waals surface area contributed by atoms with Gasteiger partial charge in [-0.1, -0.05) is 0 Å². The van der Waals surface area contributed by atoms with Crippen LogP contribution in [0.15, 0.2) is 24.3 Å². The van der Waals surface area contributed by atoms with Crippen LogP contribution >= 0.6 is 0 Å². The fourth-order valence-electron chi connectivity index (χ4n) is 3.71. The van der Waals surface area contributed by atoms with Gasteiger partial charge in [0.25, 0.3) is 0 Å². The Morgan fingerprint density at radius 3 is 2.06 bits per heavy atom. The zero-order valence-electron chi connectivity index (χ0n) is 19.8. The molecular formula is C23H25NO12. The number of aromatic nitrogens is 1. The van der Waals surface area contributed by atoms with Crippen LogP contribution in [0.2, 0.25) is 0 Å². The zero-order chi connectivity index (χ0) is 26.6. The van der Waals surface area contributed by atoms with Crippen LogP contribution in [-0.4, -0.2) is 77.2 Å². The number of nitrogens with one attached hydrogen (secondary N) is 1.